The number of nitrogens with one attached hydrogen (secondary N) is 1. The fourth-order valence-corrected chi connectivity index (χ4v) is 1.79. The van der Waals surface area contributed by atoms with Crippen molar-refractivity contribution < 1.29 is 5.11 Å². The molecule has 1 aliphatic heterocycles. The van der Waals surface area contributed by atoms with E-state index in [0.29, 0.717) is 0 Å². The first kappa shape index (κ1) is 7.03. The zero-order valence-electron chi connectivity index (χ0n) is 6.52. The maximum Gasteiger partial charge on any atom is 0.0892 e. The van der Waals surface area contributed by atoms with Crippen molar-refractivity contribution in [3.05, 3.63) is 0 Å². The van der Waals surface area contributed by atoms with Crippen LogP contribution >= 0.6 is 0 Å². The predicted octanol–water partition coefficient (Wildman–Crippen LogP) is 0.508. The molecule has 0 atom stereocenters. The fourth-order valence-electron chi connectivity index (χ4n) is 1.79. The summed E-state index contributed by atoms with van der Waals surface area (Å²) in [4.78, 5) is 0. The van der Waals surface area contributed by atoms with Crippen molar-refractivity contribution >= 4 is 0 Å². The Labute approximate surface area is 56.3 Å². The molecule has 54 valence electrons. The Morgan fingerprint density at radius 3 is 1.44 bits per heavy atom. The molecule has 0 unspecified atom stereocenters. The molecule has 1 saturated heterocycles. The minimum absolute atomic E-state index is 0.0799. The fraction of sp³-hybridized carbons (Fsp3) is 1.00. The summed E-state index contributed by atoms with van der Waals surface area (Å²) in [6, 6.07) is 0. The molecule has 0 saturated carbocycles. The van der Waals surface area contributed by atoms with E-state index in [4.69, 9.17) is 0 Å². The van der Waals surface area contributed by atoms with Gasteiger partial charge in [-0.2, -0.15) is 0 Å². The van der Waals surface area contributed by atoms with Gasteiger partial charge in [0.25, 0.3) is 0 Å². The van der Waals surface area contributed by atoms with Gasteiger partial charge in [-0.15, -0.1) is 0 Å². The zero-order valence-corrected chi connectivity index (χ0v) is 6.52. The van der Waals surface area contributed by atoms with Gasteiger partial charge < -0.3 is 10.4 Å². The first-order valence-corrected chi connectivity index (χ1v) is 3.34. The summed E-state index contributed by atoms with van der Waals surface area (Å²) >= 11 is 0. The van der Waals surface area contributed by atoms with Gasteiger partial charge >= 0.3 is 0 Å². The highest BCUT2D eigenvalue weighted by Crippen LogP contribution is 2.32. The summed E-state index contributed by atoms with van der Waals surface area (Å²) in [6.07, 6.45) is -0.218. The molecular weight excluding hydrogens is 114 g/mol. The van der Waals surface area contributed by atoms with E-state index in [2.05, 4.69) is 5.32 Å². The van der Waals surface area contributed by atoms with Crippen molar-refractivity contribution in [2.45, 2.75) is 44.9 Å². The minimum Gasteiger partial charge on any atom is -0.389 e. The van der Waals surface area contributed by atoms with Gasteiger partial charge in [0.05, 0.1) is 6.10 Å². The van der Waals surface area contributed by atoms with E-state index >= 15 is 0 Å². The van der Waals surface area contributed by atoms with Crippen LogP contribution in [0.5, 0.6) is 0 Å². The Balaban J connectivity index is 2.62. The van der Waals surface area contributed by atoms with E-state index in [-0.39, 0.29) is 17.2 Å². The average Bonchev–Trinajstić information content (AvgIpc) is 1.63. The molecular formula is C7H15NO. The third kappa shape index (κ3) is 0.864. The largest absolute Gasteiger partial charge is 0.389 e. The first-order valence-electron chi connectivity index (χ1n) is 3.34. The Morgan fingerprint density at radius 1 is 1.11 bits per heavy atom. The second kappa shape index (κ2) is 1.50. The number of hydrogen-bond donors (Lipinski definition) is 2. The number of aliphatic hydroxyl groups is 1. The topological polar surface area (TPSA) is 32.3 Å². The van der Waals surface area contributed by atoms with Gasteiger partial charge in [0.2, 0.25) is 0 Å². The monoisotopic (exact) mass is 129 g/mol. The van der Waals surface area contributed by atoms with Crippen molar-refractivity contribution in [1.82, 2.24) is 5.32 Å². The van der Waals surface area contributed by atoms with Crippen LogP contribution in [-0.4, -0.2) is 22.3 Å². The van der Waals surface area contributed by atoms with Crippen molar-refractivity contribution in [3.8, 4) is 0 Å². The summed E-state index contributed by atoms with van der Waals surface area (Å²) in [6.45, 7) is 8.01. The maximum absolute atomic E-state index is 9.44. The lowest BCUT2D eigenvalue weighted by Crippen LogP contribution is -2.78. The lowest BCUT2D eigenvalue weighted by atomic mass is 9.73. The highest BCUT2D eigenvalue weighted by atomic mass is 16.3. The van der Waals surface area contributed by atoms with Crippen LogP contribution in [0.25, 0.3) is 0 Å². The van der Waals surface area contributed by atoms with Crippen LogP contribution < -0.4 is 5.32 Å². The first-order chi connectivity index (χ1) is 3.86. The van der Waals surface area contributed by atoms with Crippen molar-refractivity contribution in [1.29, 1.82) is 0 Å². The number of rotatable bonds is 0. The second-order valence-corrected chi connectivity index (χ2v) is 3.97. The quantitative estimate of drug-likeness (QED) is 0.499. The van der Waals surface area contributed by atoms with Gasteiger partial charge in [0.15, 0.2) is 0 Å². The predicted molar refractivity (Wildman–Crippen MR) is 37.3 cm³/mol. The molecule has 0 aromatic heterocycles. The highest BCUT2D eigenvalue weighted by Gasteiger charge is 2.51. The van der Waals surface area contributed by atoms with Crippen LogP contribution in [-0.2, 0) is 0 Å². The standard InChI is InChI=1S/C7H15NO/c1-6(2)5(9)7(3,4)8-6/h5,8-9H,1-4H3. The van der Waals surface area contributed by atoms with E-state index in [0.717, 1.165) is 0 Å². The molecule has 0 radical (unpaired) electrons. The van der Waals surface area contributed by atoms with Gasteiger partial charge in [0, 0.05) is 11.1 Å². The van der Waals surface area contributed by atoms with Crippen molar-refractivity contribution in [2.75, 3.05) is 0 Å². The number of hydrogen-bond acceptors (Lipinski definition) is 2. The summed E-state index contributed by atoms with van der Waals surface area (Å²) in [5.41, 5.74) is -0.160. The Hall–Kier alpha value is -0.0800. The minimum atomic E-state index is -0.218. The zero-order chi connectivity index (χ0) is 7.28. The van der Waals surface area contributed by atoms with Gasteiger partial charge in [-0.05, 0) is 27.7 Å². The number of aliphatic hydroxyl groups excluding tert-OH is 1. The molecule has 1 rings (SSSR count). The SMILES string of the molecule is CC1(C)NC(C)(C)C1O. The molecule has 0 bridgehead atoms. The summed E-state index contributed by atoms with van der Waals surface area (Å²) in [5, 5.41) is 12.7. The lowest BCUT2D eigenvalue weighted by Gasteiger charge is -2.56. The molecule has 0 aromatic carbocycles. The molecule has 0 aromatic rings. The van der Waals surface area contributed by atoms with E-state index in [1.807, 2.05) is 27.7 Å². The molecule has 1 aliphatic rings. The summed E-state index contributed by atoms with van der Waals surface area (Å²) in [7, 11) is 0. The Morgan fingerprint density at radius 2 is 1.44 bits per heavy atom. The molecule has 0 spiro atoms. The molecule has 0 amide bonds. The van der Waals surface area contributed by atoms with E-state index in [1.165, 1.54) is 0 Å². The van der Waals surface area contributed by atoms with Gasteiger partial charge in [-0.1, -0.05) is 0 Å². The van der Waals surface area contributed by atoms with Crippen LogP contribution in [0, 0.1) is 0 Å². The smallest absolute Gasteiger partial charge is 0.0892 e. The van der Waals surface area contributed by atoms with Crippen LogP contribution in [0.15, 0.2) is 0 Å². The van der Waals surface area contributed by atoms with Gasteiger partial charge in [0.1, 0.15) is 0 Å². The molecule has 2 heteroatoms. The van der Waals surface area contributed by atoms with Gasteiger partial charge in [-0.3, -0.25) is 0 Å². The van der Waals surface area contributed by atoms with E-state index in [9.17, 15) is 5.11 Å². The van der Waals surface area contributed by atoms with Crippen molar-refractivity contribution in [3.63, 3.8) is 0 Å². The van der Waals surface area contributed by atoms with Crippen LogP contribution in [0.2, 0.25) is 0 Å². The normalized spacial score (nSPS) is 31.7. The molecule has 9 heavy (non-hydrogen) atoms. The Bertz CT molecular complexity index is 115. The second-order valence-electron chi connectivity index (χ2n) is 3.97. The lowest BCUT2D eigenvalue weighted by molar-refractivity contribution is -0.0863. The molecule has 1 fully saturated rings. The third-order valence-electron chi connectivity index (χ3n) is 2.01. The summed E-state index contributed by atoms with van der Waals surface area (Å²) in [5.74, 6) is 0. The van der Waals surface area contributed by atoms with Crippen LogP contribution in [0.3, 0.4) is 0 Å². The highest BCUT2D eigenvalue weighted by molar-refractivity contribution is 5.11. The molecule has 1 heterocycles. The van der Waals surface area contributed by atoms with Gasteiger partial charge in [-0.25, -0.2) is 0 Å². The van der Waals surface area contributed by atoms with Crippen molar-refractivity contribution in [2.24, 2.45) is 0 Å². The van der Waals surface area contributed by atoms with Crippen LogP contribution in [0.4, 0.5) is 0 Å². The van der Waals surface area contributed by atoms with E-state index < -0.39 is 0 Å². The molecule has 2 nitrogen and oxygen atoms in total. The van der Waals surface area contributed by atoms with Crippen LogP contribution in [0.1, 0.15) is 27.7 Å². The van der Waals surface area contributed by atoms with E-state index in [1.54, 1.807) is 0 Å². The molecule has 0 aliphatic carbocycles. The maximum atomic E-state index is 9.44. The summed E-state index contributed by atoms with van der Waals surface area (Å²) < 4.78 is 0. The molecule has 2 N–H and O–H groups in total. The Kier molecular flexibility index (Phi) is 1.17. The average molecular weight is 129 g/mol. The third-order valence-corrected chi connectivity index (χ3v) is 2.01.